The highest BCUT2D eigenvalue weighted by molar-refractivity contribution is 5.32. The Bertz CT molecular complexity index is 487. The highest BCUT2D eigenvalue weighted by atomic mass is 16.7. The molecule has 0 fully saturated rings. The monoisotopic (exact) mass is 235 g/mol. The van der Waals surface area contributed by atoms with Crippen molar-refractivity contribution >= 4 is 0 Å². The summed E-state index contributed by atoms with van der Waals surface area (Å²) in [5.41, 5.74) is 0.822. The fraction of sp³-hybridized carbons (Fsp3) is 0.167. The van der Waals surface area contributed by atoms with E-state index in [9.17, 15) is 10.2 Å². The van der Waals surface area contributed by atoms with Crippen molar-refractivity contribution in [3.05, 3.63) is 42.0 Å². The zero-order chi connectivity index (χ0) is 12.3. The number of hydrogen-bond acceptors (Lipinski definition) is 4. The van der Waals surface area contributed by atoms with Crippen molar-refractivity contribution in [2.75, 3.05) is 7.11 Å². The lowest BCUT2D eigenvalue weighted by Gasteiger charge is -2.11. The molecule has 2 N–H and O–H groups in total. The number of aromatic nitrogens is 1. The van der Waals surface area contributed by atoms with Crippen molar-refractivity contribution < 1.29 is 19.8 Å². The van der Waals surface area contributed by atoms with Crippen LogP contribution in [0, 0.1) is 0 Å². The number of ether oxygens (including phenoxy) is 1. The summed E-state index contributed by atoms with van der Waals surface area (Å²) >= 11 is 0. The number of nitrogens with zero attached hydrogens (tertiary/aromatic N) is 1. The molecule has 0 aliphatic rings. The Morgan fingerprint density at radius 1 is 1.06 bits per heavy atom. The molecule has 1 aromatic carbocycles. The van der Waals surface area contributed by atoms with Crippen LogP contribution in [0.25, 0.3) is 0 Å². The SMILES string of the molecule is COc1ccccc1COn1c(O)ccc1O. The van der Waals surface area contributed by atoms with Crippen LogP contribution in [-0.2, 0) is 6.61 Å². The van der Waals surface area contributed by atoms with Gasteiger partial charge in [0.1, 0.15) is 12.4 Å². The molecule has 0 aliphatic carbocycles. The quantitative estimate of drug-likeness (QED) is 0.843. The second-order valence-electron chi connectivity index (χ2n) is 3.43. The van der Waals surface area contributed by atoms with E-state index >= 15 is 0 Å². The van der Waals surface area contributed by atoms with Gasteiger partial charge in [-0.3, -0.25) is 0 Å². The molecule has 1 aromatic heterocycles. The van der Waals surface area contributed by atoms with Gasteiger partial charge in [-0.2, -0.15) is 0 Å². The maximum Gasteiger partial charge on any atom is 0.229 e. The van der Waals surface area contributed by atoms with Gasteiger partial charge in [0, 0.05) is 17.7 Å². The molecule has 5 heteroatoms. The fourth-order valence-electron chi connectivity index (χ4n) is 1.49. The lowest BCUT2D eigenvalue weighted by atomic mass is 10.2. The summed E-state index contributed by atoms with van der Waals surface area (Å²) in [5, 5.41) is 18.8. The highest BCUT2D eigenvalue weighted by Gasteiger charge is 2.08. The molecule has 1 heterocycles. The van der Waals surface area contributed by atoms with E-state index in [1.54, 1.807) is 7.11 Å². The minimum Gasteiger partial charge on any atom is -0.496 e. The van der Waals surface area contributed by atoms with Crippen LogP contribution < -0.4 is 9.57 Å². The second kappa shape index (κ2) is 4.69. The molecule has 0 saturated heterocycles. The first-order valence-corrected chi connectivity index (χ1v) is 5.07. The maximum atomic E-state index is 9.38. The highest BCUT2D eigenvalue weighted by Crippen LogP contribution is 2.21. The number of hydrogen-bond donors (Lipinski definition) is 2. The molecule has 0 radical (unpaired) electrons. The fourth-order valence-corrected chi connectivity index (χ4v) is 1.49. The zero-order valence-electron chi connectivity index (χ0n) is 9.33. The summed E-state index contributed by atoms with van der Waals surface area (Å²) in [6.45, 7) is 0.180. The van der Waals surface area contributed by atoms with Crippen molar-refractivity contribution in [3.63, 3.8) is 0 Å². The third kappa shape index (κ3) is 2.28. The Balaban J connectivity index is 2.12. The summed E-state index contributed by atoms with van der Waals surface area (Å²) in [5.74, 6) is 0.383. The first-order valence-electron chi connectivity index (χ1n) is 5.07. The summed E-state index contributed by atoms with van der Waals surface area (Å²) in [4.78, 5) is 5.27. The summed E-state index contributed by atoms with van der Waals surface area (Å²) < 4.78 is 6.11. The molecular weight excluding hydrogens is 222 g/mol. The van der Waals surface area contributed by atoms with E-state index in [0.29, 0.717) is 5.75 Å². The molecular formula is C12H13NO4. The van der Waals surface area contributed by atoms with Crippen LogP contribution in [0.2, 0.25) is 0 Å². The average Bonchev–Trinajstić information content (AvgIpc) is 2.67. The van der Waals surface area contributed by atoms with Crippen LogP contribution in [0.5, 0.6) is 17.5 Å². The minimum atomic E-state index is -0.155. The van der Waals surface area contributed by atoms with Crippen molar-refractivity contribution in [3.8, 4) is 17.5 Å². The van der Waals surface area contributed by atoms with E-state index < -0.39 is 0 Å². The Kier molecular flexibility index (Phi) is 3.09. The van der Waals surface area contributed by atoms with Crippen molar-refractivity contribution in [1.82, 2.24) is 4.73 Å². The first-order chi connectivity index (χ1) is 8.22. The molecule has 0 bridgehead atoms. The van der Waals surface area contributed by atoms with Crippen LogP contribution >= 0.6 is 0 Å². The van der Waals surface area contributed by atoms with Gasteiger partial charge in [0.2, 0.25) is 11.8 Å². The average molecular weight is 235 g/mol. The lowest BCUT2D eigenvalue weighted by Crippen LogP contribution is -2.10. The van der Waals surface area contributed by atoms with E-state index in [1.165, 1.54) is 12.1 Å². The standard InChI is InChI=1S/C12H13NO4/c1-16-10-5-3-2-4-9(10)8-17-13-11(14)6-7-12(13)15/h2-7,14-15H,8H2,1H3. The van der Waals surface area contributed by atoms with Crippen LogP contribution in [0.4, 0.5) is 0 Å². The molecule has 0 spiro atoms. The minimum absolute atomic E-state index is 0.155. The number of aromatic hydroxyl groups is 2. The smallest absolute Gasteiger partial charge is 0.229 e. The zero-order valence-corrected chi connectivity index (χ0v) is 9.33. The normalized spacial score (nSPS) is 10.2. The predicted molar refractivity (Wildman–Crippen MR) is 61.0 cm³/mol. The number of benzene rings is 1. The Labute approximate surface area is 98.4 Å². The molecule has 0 aliphatic heterocycles. The molecule has 0 atom stereocenters. The Morgan fingerprint density at radius 2 is 1.71 bits per heavy atom. The predicted octanol–water partition coefficient (Wildman–Crippen LogP) is 1.54. The number of methoxy groups -OCH3 is 1. The van der Waals surface area contributed by atoms with E-state index in [-0.39, 0.29) is 18.4 Å². The van der Waals surface area contributed by atoms with Gasteiger partial charge < -0.3 is 19.8 Å². The summed E-state index contributed by atoms with van der Waals surface area (Å²) in [6.07, 6.45) is 0. The van der Waals surface area contributed by atoms with Crippen LogP contribution in [0.1, 0.15) is 5.56 Å². The van der Waals surface area contributed by atoms with Crippen LogP contribution in [0.3, 0.4) is 0 Å². The van der Waals surface area contributed by atoms with E-state index in [4.69, 9.17) is 9.57 Å². The van der Waals surface area contributed by atoms with E-state index in [2.05, 4.69) is 0 Å². The van der Waals surface area contributed by atoms with Gasteiger partial charge in [-0.05, 0) is 6.07 Å². The molecule has 0 amide bonds. The molecule has 17 heavy (non-hydrogen) atoms. The first kappa shape index (κ1) is 11.2. The van der Waals surface area contributed by atoms with Gasteiger partial charge in [0.05, 0.1) is 7.11 Å². The molecule has 0 saturated carbocycles. The summed E-state index contributed by atoms with van der Waals surface area (Å²) in [7, 11) is 1.57. The van der Waals surface area contributed by atoms with Crippen molar-refractivity contribution in [1.29, 1.82) is 0 Å². The number of rotatable bonds is 4. The third-order valence-electron chi connectivity index (χ3n) is 2.34. The van der Waals surface area contributed by atoms with E-state index in [0.717, 1.165) is 10.3 Å². The number of para-hydroxylation sites is 1. The van der Waals surface area contributed by atoms with Gasteiger partial charge in [-0.15, -0.1) is 4.73 Å². The molecule has 2 aromatic rings. The van der Waals surface area contributed by atoms with Gasteiger partial charge in [-0.1, -0.05) is 18.2 Å². The van der Waals surface area contributed by atoms with Gasteiger partial charge >= 0.3 is 0 Å². The lowest BCUT2D eigenvalue weighted by molar-refractivity contribution is 0.0632. The van der Waals surface area contributed by atoms with Crippen LogP contribution in [-0.4, -0.2) is 22.1 Å². The second-order valence-corrected chi connectivity index (χ2v) is 3.43. The van der Waals surface area contributed by atoms with Crippen molar-refractivity contribution in [2.24, 2.45) is 0 Å². The molecule has 5 nitrogen and oxygen atoms in total. The van der Waals surface area contributed by atoms with Gasteiger partial charge in [-0.25, -0.2) is 0 Å². The van der Waals surface area contributed by atoms with Gasteiger partial charge in [0.15, 0.2) is 0 Å². The van der Waals surface area contributed by atoms with Crippen LogP contribution in [0.15, 0.2) is 36.4 Å². The van der Waals surface area contributed by atoms with E-state index in [1.807, 2.05) is 24.3 Å². The Hall–Kier alpha value is -2.30. The maximum absolute atomic E-state index is 9.38. The summed E-state index contributed by atoms with van der Waals surface area (Å²) in [6, 6.07) is 10.1. The largest absolute Gasteiger partial charge is 0.496 e. The van der Waals surface area contributed by atoms with Gasteiger partial charge in [0.25, 0.3) is 0 Å². The van der Waals surface area contributed by atoms with Crippen molar-refractivity contribution in [2.45, 2.75) is 6.61 Å². The molecule has 0 unspecified atom stereocenters. The topological polar surface area (TPSA) is 63.9 Å². The molecule has 90 valence electrons. The molecule has 2 rings (SSSR count). The third-order valence-corrected chi connectivity index (χ3v) is 2.34. The Morgan fingerprint density at radius 3 is 2.35 bits per heavy atom.